The number of ether oxygens (including phenoxy) is 1. The van der Waals surface area contributed by atoms with Gasteiger partial charge in [0, 0.05) is 0 Å². The SMILES string of the molecule is CCCOc1ccc([C@@H](N)CO)cc1. The van der Waals surface area contributed by atoms with E-state index in [1.165, 1.54) is 0 Å². The third-order valence-electron chi connectivity index (χ3n) is 1.98. The van der Waals surface area contributed by atoms with Crippen LogP contribution in [0.15, 0.2) is 24.3 Å². The summed E-state index contributed by atoms with van der Waals surface area (Å²) in [5.74, 6) is 0.848. The van der Waals surface area contributed by atoms with Crippen molar-refractivity contribution in [2.45, 2.75) is 19.4 Å². The predicted octanol–water partition coefficient (Wildman–Crippen LogP) is 1.47. The molecular weight excluding hydrogens is 178 g/mol. The first kappa shape index (κ1) is 11.0. The van der Waals surface area contributed by atoms with Gasteiger partial charge in [-0.05, 0) is 24.1 Å². The van der Waals surface area contributed by atoms with Gasteiger partial charge >= 0.3 is 0 Å². The number of rotatable bonds is 5. The number of hydrogen-bond acceptors (Lipinski definition) is 3. The average molecular weight is 195 g/mol. The molecule has 1 aromatic rings. The number of aliphatic hydroxyl groups is 1. The van der Waals surface area contributed by atoms with Gasteiger partial charge in [0.15, 0.2) is 0 Å². The maximum absolute atomic E-state index is 8.84. The third-order valence-corrected chi connectivity index (χ3v) is 1.98. The molecule has 0 aliphatic rings. The fourth-order valence-corrected chi connectivity index (χ4v) is 1.14. The Morgan fingerprint density at radius 2 is 2.00 bits per heavy atom. The van der Waals surface area contributed by atoms with Gasteiger partial charge in [-0.3, -0.25) is 0 Å². The van der Waals surface area contributed by atoms with E-state index >= 15 is 0 Å². The monoisotopic (exact) mass is 195 g/mol. The topological polar surface area (TPSA) is 55.5 Å². The zero-order valence-corrected chi connectivity index (χ0v) is 8.44. The summed E-state index contributed by atoms with van der Waals surface area (Å²) in [6.45, 7) is 2.76. The molecule has 0 saturated carbocycles. The van der Waals surface area contributed by atoms with Crippen LogP contribution >= 0.6 is 0 Å². The van der Waals surface area contributed by atoms with Gasteiger partial charge in [-0.1, -0.05) is 19.1 Å². The van der Waals surface area contributed by atoms with Crippen molar-refractivity contribution in [1.82, 2.24) is 0 Å². The lowest BCUT2D eigenvalue weighted by molar-refractivity contribution is 0.267. The molecule has 1 atom stereocenters. The van der Waals surface area contributed by atoms with E-state index in [2.05, 4.69) is 6.92 Å². The smallest absolute Gasteiger partial charge is 0.119 e. The van der Waals surface area contributed by atoms with Crippen LogP contribution in [0.25, 0.3) is 0 Å². The minimum Gasteiger partial charge on any atom is -0.494 e. The summed E-state index contributed by atoms with van der Waals surface area (Å²) < 4.78 is 5.42. The maximum atomic E-state index is 8.84. The molecule has 0 heterocycles. The fraction of sp³-hybridized carbons (Fsp3) is 0.455. The zero-order valence-electron chi connectivity index (χ0n) is 8.44. The third kappa shape index (κ3) is 3.01. The van der Waals surface area contributed by atoms with Crippen LogP contribution < -0.4 is 10.5 Å². The number of hydrogen-bond donors (Lipinski definition) is 2. The summed E-state index contributed by atoms with van der Waals surface area (Å²) in [4.78, 5) is 0. The normalized spacial score (nSPS) is 12.5. The van der Waals surface area contributed by atoms with Crippen molar-refractivity contribution in [3.63, 3.8) is 0 Å². The summed E-state index contributed by atoms with van der Waals surface area (Å²) in [7, 11) is 0. The molecule has 0 unspecified atom stereocenters. The Balaban J connectivity index is 2.59. The molecule has 1 aromatic carbocycles. The van der Waals surface area contributed by atoms with Gasteiger partial charge in [0.25, 0.3) is 0 Å². The van der Waals surface area contributed by atoms with Crippen LogP contribution in [0.2, 0.25) is 0 Å². The second-order valence-electron chi connectivity index (χ2n) is 3.21. The molecule has 3 heteroatoms. The fourth-order valence-electron chi connectivity index (χ4n) is 1.14. The van der Waals surface area contributed by atoms with E-state index in [1.807, 2.05) is 24.3 Å². The van der Waals surface area contributed by atoms with E-state index in [-0.39, 0.29) is 12.6 Å². The lowest BCUT2D eigenvalue weighted by atomic mass is 10.1. The summed E-state index contributed by atoms with van der Waals surface area (Å²) in [5.41, 5.74) is 6.58. The highest BCUT2D eigenvalue weighted by molar-refractivity contribution is 5.29. The zero-order chi connectivity index (χ0) is 10.4. The first-order valence-corrected chi connectivity index (χ1v) is 4.87. The van der Waals surface area contributed by atoms with Crippen LogP contribution in [0.4, 0.5) is 0 Å². The van der Waals surface area contributed by atoms with E-state index in [0.29, 0.717) is 0 Å². The molecule has 0 spiro atoms. The molecule has 0 aromatic heterocycles. The highest BCUT2D eigenvalue weighted by atomic mass is 16.5. The molecule has 3 nitrogen and oxygen atoms in total. The first-order valence-electron chi connectivity index (χ1n) is 4.87. The molecule has 0 fully saturated rings. The van der Waals surface area contributed by atoms with Gasteiger partial charge in [0.1, 0.15) is 5.75 Å². The van der Waals surface area contributed by atoms with Gasteiger partial charge < -0.3 is 15.6 Å². The van der Waals surface area contributed by atoms with Crippen molar-refractivity contribution in [2.75, 3.05) is 13.2 Å². The van der Waals surface area contributed by atoms with Gasteiger partial charge in [-0.25, -0.2) is 0 Å². The van der Waals surface area contributed by atoms with Crippen LogP contribution in [-0.2, 0) is 0 Å². The standard InChI is InChI=1S/C11H17NO2/c1-2-7-14-10-5-3-9(4-6-10)11(12)8-13/h3-6,11,13H,2,7-8,12H2,1H3/t11-/m0/s1. The number of aliphatic hydroxyl groups excluding tert-OH is 1. The molecular formula is C11H17NO2. The predicted molar refractivity (Wildman–Crippen MR) is 56.2 cm³/mol. The molecule has 14 heavy (non-hydrogen) atoms. The molecule has 0 aliphatic carbocycles. The van der Waals surface area contributed by atoms with Crippen molar-refractivity contribution in [1.29, 1.82) is 0 Å². The Labute approximate surface area is 84.5 Å². The first-order chi connectivity index (χ1) is 6.77. The maximum Gasteiger partial charge on any atom is 0.119 e. The van der Waals surface area contributed by atoms with E-state index in [1.54, 1.807) is 0 Å². The van der Waals surface area contributed by atoms with E-state index in [9.17, 15) is 0 Å². The summed E-state index contributed by atoms with van der Waals surface area (Å²) >= 11 is 0. The van der Waals surface area contributed by atoms with Crippen molar-refractivity contribution in [3.05, 3.63) is 29.8 Å². The lowest BCUT2D eigenvalue weighted by Crippen LogP contribution is -2.14. The quantitative estimate of drug-likeness (QED) is 0.748. The van der Waals surface area contributed by atoms with Gasteiger partial charge in [0.2, 0.25) is 0 Å². The van der Waals surface area contributed by atoms with E-state index in [4.69, 9.17) is 15.6 Å². The van der Waals surface area contributed by atoms with Crippen LogP contribution in [0.1, 0.15) is 24.9 Å². The van der Waals surface area contributed by atoms with Crippen LogP contribution in [0.5, 0.6) is 5.75 Å². The van der Waals surface area contributed by atoms with Crippen molar-refractivity contribution < 1.29 is 9.84 Å². The summed E-state index contributed by atoms with van der Waals surface area (Å²) in [6, 6.07) is 7.22. The summed E-state index contributed by atoms with van der Waals surface area (Å²) in [6.07, 6.45) is 0.998. The highest BCUT2D eigenvalue weighted by Gasteiger charge is 2.03. The van der Waals surface area contributed by atoms with Crippen LogP contribution in [-0.4, -0.2) is 18.3 Å². The van der Waals surface area contributed by atoms with Gasteiger partial charge in [-0.15, -0.1) is 0 Å². The number of nitrogens with two attached hydrogens (primary N) is 1. The van der Waals surface area contributed by atoms with Crippen LogP contribution in [0.3, 0.4) is 0 Å². The van der Waals surface area contributed by atoms with Crippen molar-refractivity contribution in [3.8, 4) is 5.75 Å². The lowest BCUT2D eigenvalue weighted by Gasteiger charge is -2.09. The summed E-state index contributed by atoms with van der Waals surface area (Å²) in [5, 5.41) is 8.84. The Bertz CT molecular complexity index is 258. The van der Waals surface area contributed by atoms with Crippen LogP contribution in [0, 0.1) is 0 Å². The average Bonchev–Trinajstić information content (AvgIpc) is 2.26. The number of benzene rings is 1. The second-order valence-corrected chi connectivity index (χ2v) is 3.21. The molecule has 78 valence electrons. The molecule has 3 N–H and O–H groups in total. The molecule has 0 aliphatic heterocycles. The minimum atomic E-state index is -0.296. The van der Waals surface area contributed by atoms with Crippen molar-refractivity contribution in [2.24, 2.45) is 5.73 Å². The largest absolute Gasteiger partial charge is 0.494 e. The molecule has 0 radical (unpaired) electrons. The Morgan fingerprint density at radius 1 is 1.36 bits per heavy atom. The molecule has 1 rings (SSSR count). The second kappa shape index (κ2) is 5.62. The molecule has 0 bridgehead atoms. The Morgan fingerprint density at radius 3 is 2.50 bits per heavy atom. The Kier molecular flexibility index (Phi) is 4.43. The van der Waals surface area contributed by atoms with E-state index < -0.39 is 0 Å². The highest BCUT2D eigenvalue weighted by Crippen LogP contribution is 2.16. The molecule has 0 amide bonds. The van der Waals surface area contributed by atoms with E-state index in [0.717, 1.165) is 24.3 Å². The molecule has 0 saturated heterocycles. The Hall–Kier alpha value is -1.06. The van der Waals surface area contributed by atoms with Gasteiger partial charge in [-0.2, -0.15) is 0 Å². The minimum absolute atomic E-state index is 0.0326. The van der Waals surface area contributed by atoms with Crippen molar-refractivity contribution >= 4 is 0 Å². The van der Waals surface area contributed by atoms with Gasteiger partial charge in [0.05, 0.1) is 19.3 Å².